The minimum Gasteiger partial charge on any atom is -0.421 e. The van der Waals surface area contributed by atoms with Crippen LogP contribution in [-0.2, 0) is 5.54 Å². The van der Waals surface area contributed by atoms with Crippen LogP contribution >= 0.6 is 11.3 Å². The van der Waals surface area contributed by atoms with Crippen molar-refractivity contribution in [1.82, 2.24) is 9.88 Å². The minimum absolute atomic E-state index is 0.252. The summed E-state index contributed by atoms with van der Waals surface area (Å²) in [5.74, 6) is -1.08. The Bertz CT molecular complexity index is 1270. The second-order valence-corrected chi connectivity index (χ2v) is 9.11. The van der Waals surface area contributed by atoms with Gasteiger partial charge in [-0.1, -0.05) is 30.3 Å². The molecule has 0 saturated heterocycles. The SMILES string of the molecule is Cc1cn(-c2ccc3c(c2)OC(F)(F)C(F)(F)O3)/c(=N/C(=O)NC(C)(C)c2ccccc2)s1. The van der Waals surface area contributed by atoms with Crippen LogP contribution in [0, 0.1) is 6.92 Å². The number of nitrogens with zero attached hydrogens (tertiary/aromatic N) is 2. The number of aryl methyl sites for hydroxylation is 1. The number of nitrogens with one attached hydrogen (secondary N) is 1. The topological polar surface area (TPSA) is 64.8 Å². The lowest BCUT2D eigenvalue weighted by Crippen LogP contribution is -2.52. The highest BCUT2D eigenvalue weighted by Gasteiger charge is 2.65. The Hall–Kier alpha value is -3.34. The summed E-state index contributed by atoms with van der Waals surface area (Å²) in [5, 5.41) is 2.84. The lowest BCUT2D eigenvalue weighted by Gasteiger charge is -2.31. The summed E-state index contributed by atoms with van der Waals surface area (Å²) in [7, 11) is 0. The van der Waals surface area contributed by atoms with Crippen LogP contribution in [0.15, 0.2) is 59.7 Å². The first-order valence-corrected chi connectivity index (χ1v) is 10.6. The number of benzene rings is 2. The molecule has 2 amide bonds. The van der Waals surface area contributed by atoms with Gasteiger partial charge < -0.3 is 14.8 Å². The predicted octanol–water partition coefficient (Wildman–Crippen LogP) is 5.35. The van der Waals surface area contributed by atoms with E-state index in [1.54, 1.807) is 13.1 Å². The molecule has 11 heteroatoms. The third-order valence-electron chi connectivity index (χ3n) is 4.90. The van der Waals surface area contributed by atoms with Gasteiger partial charge >= 0.3 is 18.2 Å². The number of thiazole rings is 1. The van der Waals surface area contributed by atoms with Crippen molar-refractivity contribution < 1.29 is 31.8 Å². The molecule has 4 rings (SSSR count). The summed E-state index contributed by atoms with van der Waals surface area (Å²) in [6.45, 7) is 5.44. The number of amides is 2. The average Bonchev–Trinajstić information content (AvgIpc) is 3.08. The largest absolute Gasteiger partial charge is 0.507 e. The van der Waals surface area contributed by atoms with Crippen LogP contribution in [0.3, 0.4) is 0 Å². The Morgan fingerprint density at radius 2 is 1.67 bits per heavy atom. The van der Waals surface area contributed by atoms with Crippen molar-refractivity contribution in [3.8, 4) is 17.2 Å². The number of hydrogen-bond acceptors (Lipinski definition) is 4. The summed E-state index contributed by atoms with van der Waals surface area (Å²) in [5.41, 5.74) is 0.456. The second-order valence-electron chi connectivity index (χ2n) is 7.90. The maximum atomic E-state index is 13.6. The predicted molar refractivity (Wildman–Crippen MR) is 113 cm³/mol. The van der Waals surface area contributed by atoms with E-state index in [1.807, 2.05) is 44.2 Å². The van der Waals surface area contributed by atoms with Gasteiger partial charge in [0.2, 0.25) is 0 Å². The lowest BCUT2D eigenvalue weighted by molar-refractivity contribution is -0.391. The zero-order valence-electron chi connectivity index (χ0n) is 17.7. The van der Waals surface area contributed by atoms with Crippen molar-refractivity contribution >= 4 is 17.4 Å². The smallest absolute Gasteiger partial charge is 0.421 e. The number of aromatic nitrogens is 1. The summed E-state index contributed by atoms with van der Waals surface area (Å²) >= 11 is 1.19. The molecule has 33 heavy (non-hydrogen) atoms. The van der Waals surface area contributed by atoms with Crippen molar-refractivity contribution in [2.45, 2.75) is 38.5 Å². The summed E-state index contributed by atoms with van der Waals surface area (Å²) < 4.78 is 63.7. The Balaban J connectivity index is 1.66. The van der Waals surface area contributed by atoms with E-state index in [0.717, 1.165) is 22.6 Å². The van der Waals surface area contributed by atoms with Gasteiger partial charge in [0.25, 0.3) is 0 Å². The highest BCUT2D eigenvalue weighted by molar-refractivity contribution is 7.09. The van der Waals surface area contributed by atoms with Gasteiger partial charge in [-0.15, -0.1) is 11.3 Å². The molecule has 174 valence electrons. The second kappa shape index (κ2) is 7.91. The first kappa shape index (κ1) is 22.8. The highest BCUT2D eigenvalue weighted by Crippen LogP contribution is 2.47. The standard InChI is InChI=1S/C22H19F4N3O3S/c1-13-12-29(15-9-10-16-17(11-15)32-22(25,26)21(23,24)31-16)19(33-13)27-18(30)28-20(2,3)14-7-5-4-6-8-14/h4-12H,1-3H3,(H,28,30)/b27-19-. The normalized spacial score (nSPS) is 17.0. The van der Waals surface area contributed by atoms with E-state index in [1.165, 1.54) is 22.0 Å². The zero-order valence-corrected chi connectivity index (χ0v) is 18.6. The minimum atomic E-state index is -4.83. The summed E-state index contributed by atoms with van der Waals surface area (Å²) in [6, 6.07) is 12.3. The number of alkyl halides is 4. The van der Waals surface area contributed by atoms with E-state index >= 15 is 0 Å². The van der Waals surface area contributed by atoms with Crippen molar-refractivity contribution in [3.63, 3.8) is 0 Å². The average molecular weight is 481 g/mol. The Kier molecular flexibility index (Phi) is 5.47. The van der Waals surface area contributed by atoms with E-state index in [9.17, 15) is 22.4 Å². The number of halogens is 4. The number of rotatable bonds is 3. The van der Waals surface area contributed by atoms with Gasteiger partial charge in [-0.2, -0.15) is 22.6 Å². The molecule has 0 fully saturated rings. The summed E-state index contributed by atoms with van der Waals surface area (Å²) in [4.78, 5) is 17.8. The third-order valence-corrected chi connectivity index (χ3v) is 5.80. The van der Waals surface area contributed by atoms with Crippen molar-refractivity contribution in [2.24, 2.45) is 4.99 Å². The van der Waals surface area contributed by atoms with Crippen LogP contribution in [0.25, 0.3) is 5.69 Å². The lowest BCUT2D eigenvalue weighted by atomic mass is 9.95. The molecule has 0 spiro atoms. The van der Waals surface area contributed by atoms with Crippen LogP contribution in [0.2, 0.25) is 0 Å². The van der Waals surface area contributed by atoms with Crippen molar-refractivity contribution in [1.29, 1.82) is 0 Å². The molecule has 0 radical (unpaired) electrons. The van der Waals surface area contributed by atoms with Crippen molar-refractivity contribution in [3.05, 3.63) is 70.0 Å². The fourth-order valence-corrected chi connectivity index (χ4v) is 4.06. The maximum Gasteiger partial charge on any atom is 0.507 e. The Morgan fingerprint density at radius 1 is 1.03 bits per heavy atom. The summed E-state index contributed by atoms with van der Waals surface area (Å²) in [6.07, 6.45) is -7.99. The van der Waals surface area contributed by atoms with E-state index in [0.29, 0.717) is 0 Å². The Morgan fingerprint density at radius 3 is 2.33 bits per heavy atom. The first-order valence-electron chi connectivity index (χ1n) is 9.77. The van der Waals surface area contributed by atoms with Gasteiger partial charge in [0.15, 0.2) is 16.3 Å². The molecule has 2 aromatic carbocycles. The molecule has 6 nitrogen and oxygen atoms in total. The molecule has 0 bridgehead atoms. The number of ether oxygens (including phenoxy) is 2. The number of fused-ring (bicyclic) bond motifs is 1. The zero-order chi connectivity index (χ0) is 24.0. The third kappa shape index (κ3) is 4.45. The van der Waals surface area contributed by atoms with E-state index in [-0.39, 0.29) is 10.5 Å². The molecule has 1 aliphatic rings. The highest BCUT2D eigenvalue weighted by atomic mass is 32.1. The van der Waals surface area contributed by atoms with Gasteiger partial charge in [-0.3, -0.25) is 4.57 Å². The molecule has 3 aromatic rings. The molecule has 0 saturated carbocycles. The number of carbonyl (C=O) groups is 1. The van der Waals surface area contributed by atoms with Crippen molar-refractivity contribution in [2.75, 3.05) is 0 Å². The van der Waals surface area contributed by atoms with Crippen LogP contribution in [-0.4, -0.2) is 22.8 Å². The van der Waals surface area contributed by atoms with E-state index in [4.69, 9.17) is 0 Å². The van der Waals surface area contributed by atoms with Gasteiger partial charge in [-0.05, 0) is 38.5 Å². The first-order chi connectivity index (χ1) is 15.4. The number of carbonyl (C=O) groups excluding carboxylic acids is 1. The van der Waals surface area contributed by atoms with Crippen LogP contribution in [0.5, 0.6) is 11.5 Å². The quantitative estimate of drug-likeness (QED) is 0.513. The molecule has 1 aliphatic heterocycles. The van der Waals surface area contributed by atoms with Crippen LogP contribution < -0.4 is 19.6 Å². The number of hydrogen-bond donors (Lipinski definition) is 1. The van der Waals surface area contributed by atoms with E-state index in [2.05, 4.69) is 19.8 Å². The monoisotopic (exact) mass is 481 g/mol. The van der Waals surface area contributed by atoms with Crippen LogP contribution in [0.4, 0.5) is 22.4 Å². The van der Waals surface area contributed by atoms with Crippen LogP contribution in [0.1, 0.15) is 24.3 Å². The Labute approximate surface area is 190 Å². The molecule has 0 aliphatic carbocycles. The molecular formula is C22H19F4N3O3S. The molecule has 2 heterocycles. The number of urea groups is 1. The van der Waals surface area contributed by atoms with E-state index < -0.39 is 35.3 Å². The van der Waals surface area contributed by atoms with Gasteiger partial charge in [0, 0.05) is 17.1 Å². The fraction of sp³-hybridized carbons (Fsp3) is 0.273. The molecule has 1 N–H and O–H groups in total. The van der Waals surface area contributed by atoms with Gasteiger partial charge in [-0.25, -0.2) is 4.79 Å². The molecule has 0 atom stereocenters. The van der Waals surface area contributed by atoms with Gasteiger partial charge in [0.1, 0.15) is 0 Å². The maximum absolute atomic E-state index is 13.6. The van der Waals surface area contributed by atoms with Gasteiger partial charge in [0.05, 0.1) is 11.2 Å². The molecule has 0 unspecified atom stereocenters. The fourth-order valence-electron chi connectivity index (χ4n) is 3.23. The molecular weight excluding hydrogens is 462 g/mol. The molecule has 1 aromatic heterocycles.